The van der Waals surface area contributed by atoms with Gasteiger partial charge in [0.2, 0.25) is 5.91 Å². The molecule has 0 spiro atoms. The number of carbonyl (C=O) groups is 3. The molecule has 2 amide bonds. The van der Waals surface area contributed by atoms with Crippen molar-refractivity contribution in [3.63, 3.8) is 0 Å². The summed E-state index contributed by atoms with van der Waals surface area (Å²) < 4.78 is 10.6. The van der Waals surface area contributed by atoms with Gasteiger partial charge in [-0.15, -0.1) is 0 Å². The molecule has 0 aliphatic carbocycles. The summed E-state index contributed by atoms with van der Waals surface area (Å²) in [6.45, 7) is 5.82. The molecule has 0 unspecified atom stereocenters. The quantitative estimate of drug-likeness (QED) is 0.753. The Bertz CT molecular complexity index is 682. The third-order valence-electron chi connectivity index (χ3n) is 4.77. The Hall–Kier alpha value is -2.41. The Morgan fingerprint density at radius 3 is 2.50 bits per heavy atom. The highest BCUT2D eigenvalue weighted by atomic mass is 16.5. The average molecular weight is 360 g/mol. The van der Waals surface area contributed by atoms with Crippen LogP contribution in [0.25, 0.3) is 0 Å². The number of esters is 1. The number of ether oxygens (including phenoxy) is 2. The second kappa shape index (κ2) is 7.86. The van der Waals surface area contributed by atoms with Crippen LogP contribution in [0.2, 0.25) is 0 Å². The molecule has 140 valence electrons. The SMILES string of the molecule is Cc1ccc(N2C[C@@H](C(=O)O[C@@H](C)C(=O)N3CCOCC3)CC2=O)cc1. The minimum absolute atomic E-state index is 0.102. The zero-order chi connectivity index (χ0) is 18.7. The van der Waals surface area contributed by atoms with E-state index in [0.717, 1.165) is 11.3 Å². The minimum Gasteiger partial charge on any atom is -0.452 e. The van der Waals surface area contributed by atoms with E-state index in [-0.39, 0.29) is 24.8 Å². The number of aryl methyl sites for hydroxylation is 1. The van der Waals surface area contributed by atoms with Gasteiger partial charge in [-0.3, -0.25) is 14.4 Å². The van der Waals surface area contributed by atoms with Gasteiger partial charge in [0.05, 0.1) is 19.1 Å². The van der Waals surface area contributed by atoms with Crippen molar-refractivity contribution in [3.05, 3.63) is 29.8 Å². The third-order valence-corrected chi connectivity index (χ3v) is 4.77. The molecular formula is C19H24N2O5. The van der Waals surface area contributed by atoms with Crippen LogP contribution < -0.4 is 4.90 Å². The average Bonchev–Trinajstić information content (AvgIpc) is 3.04. The molecule has 0 aromatic heterocycles. The Morgan fingerprint density at radius 2 is 1.85 bits per heavy atom. The van der Waals surface area contributed by atoms with Crippen LogP contribution in [-0.2, 0) is 23.9 Å². The lowest BCUT2D eigenvalue weighted by atomic mass is 10.1. The van der Waals surface area contributed by atoms with Crippen LogP contribution in [0.4, 0.5) is 5.69 Å². The zero-order valence-corrected chi connectivity index (χ0v) is 15.1. The molecule has 26 heavy (non-hydrogen) atoms. The number of carbonyl (C=O) groups excluding carboxylic acids is 3. The number of amides is 2. The van der Waals surface area contributed by atoms with Gasteiger partial charge in [-0.2, -0.15) is 0 Å². The molecule has 0 bridgehead atoms. The number of benzene rings is 1. The second-order valence-corrected chi connectivity index (χ2v) is 6.76. The molecular weight excluding hydrogens is 336 g/mol. The smallest absolute Gasteiger partial charge is 0.312 e. The van der Waals surface area contributed by atoms with Crippen molar-refractivity contribution < 1.29 is 23.9 Å². The molecule has 1 aromatic rings. The Labute approximate surface area is 152 Å². The summed E-state index contributed by atoms with van der Waals surface area (Å²) in [7, 11) is 0. The van der Waals surface area contributed by atoms with E-state index in [9.17, 15) is 14.4 Å². The van der Waals surface area contributed by atoms with E-state index in [1.54, 1.807) is 16.7 Å². The first-order chi connectivity index (χ1) is 12.5. The largest absolute Gasteiger partial charge is 0.452 e. The Kier molecular flexibility index (Phi) is 5.56. The highest BCUT2D eigenvalue weighted by molar-refractivity contribution is 5.99. The first kappa shape index (κ1) is 18.4. The van der Waals surface area contributed by atoms with Crippen LogP contribution in [0.3, 0.4) is 0 Å². The van der Waals surface area contributed by atoms with E-state index in [2.05, 4.69) is 0 Å². The summed E-state index contributed by atoms with van der Waals surface area (Å²) in [6, 6.07) is 7.59. The van der Waals surface area contributed by atoms with Gasteiger partial charge in [-0.25, -0.2) is 0 Å². The monoisotopic (exact) mass is 360 g/mol. The molecule has 1 aromatic carbocycles. The number of anilines is 1. The van der Waals surface area contributed by atoms with Gasteiger partial charge in [0.1, 0.15) is 0 Å². The van der Waals surface area contributed by atoms with Crippen molar-refractivity contribution in [2.45, 2.75) is 26.4 Å². The summed E-state index contributed by atoms with van der Waals surface area (Å²) >= 11 is 0. The van der Waals surface area contributed by atoms with Gasteiger partial charge in [0.25, 0.3) is 5.91 Å². The number of nitrogens with zero attached hydrogens (tertiary/aromatic N) is 2. The predicted molar refractivity (Wildman–Crippen MR) is 94.6 cm³/mol. The van der Waals surface area contributed by atoms with E-state index in [4.69, 9.17) is 9.47 Å². The molecule has 2 fully saturated rings. The highest BCUT2D eigenvalue weighted by Gasteiger charge is 2.37. The summed E-state index contributed by atoms with van der Waals surface area (Å²) in [5.41, 5.74) is 1.88. The van der Waals surface area contributed by atoms with Gasteiger partial charge < -0.3 is 19.3 Å². The summed E-state index contributed by atoms with van der Waals surface area (Å²) in [6.07, 6.45) is -0.755. The van der Waals surface area contributed by atoms with Crippen molar-refractivity contribution in [2.24, 2.45) is 5.92 Å². The molecule has 2 aliphatic rings. The first-order valence-corrected chi connectivity index (χ1v) is 8.90. The standard InChI is InChI=1S/C19H24N2O5/c1-13-3-5-16(6-4-13)21-12-15(11-17(21)22)19(24)26-14(2)18(23)20-7-9-25-10-8-20/h3-6,14-15H,7-12H2,1-2H3/t14-,15-/m0/s1. The van der Waals surface area contributed by atoms with Crippen molar-refractivity contribution in [1.82, 2.24) is 4.90 Å². The molecule has 2 atom stereocenters. The van der Waals surface area contributed by atoms with E-state index in [1.165, 1.54) is 0 Å². The maximum absolute atomic E-state index is 12.4. The lowest BCUT2D eigenvalue weighted by molar-refractivity contribution is -0.163. The predicted octanol–water partition coefficient (Wildman–Crippen LogP) is 1.14. The van der Waals surface area contributed by atoms with Crippen LogP contribution in [0.5, 0.6) is 0 Å². The normalized spacial score (nSPS) is 21.6. The van der Waals surface area contributed by atoms with Gasteiger partial charge in [0.15, 0.2) is 6.10 Å². The van der Waals surface area contributed by atoms with Crippen LogP contribution >= 0.6 is 0 Å². The van der Waals surface area contributed by atoms with Crippen LogP contribution in [0, 0.1) is 12.8 Å². The molecule has 2 heterocycles. The molecule has 3 rings (SSSR count). The summed E-state index contributed by atoms with van der Waals surface area (Å²) in [4.78, 5) is 40.3. The number of rotatable bonds is 4. The van der Waals surface area contributed by atoms with Crippen LogP contribution in [0.15, 0.2) is 24.3 Å². The lowest BCUT2D eigenvalue weighted by Crippen LogP contribution is -2.46. The fourth-order valence-corrected chi connectivity index (χ4v) is 3.20. The van der Waals surface area contributed by atoms with E-state index in [1.807, 2.05) is 31.2 Å². The fraction of sp³-hybridized carbons (Fsp3) is 0.526. The number of morpholine rings is 1. The van der Waals surface area contributed by atoms with Crippen molar-refractivity contribution >= 4 is 23.5 Å². The van der Waals surface area contributed by atoms with Gasteiger partial charge in [-0.05, 0) is 26.0 Å². The van der Waals surface area contributed by atoms with Crippen LogP contribution in [0.1, 0.15) is 18.9 Å². The Balaban J connectivity index is 1.57. The van der Waals surface area contributed by atoms with Gasteiger partial charge >= 0.3 is 5.97 Å². The van der Waals surface area contributed by atoms with Crippen LogP contribution in [-0.4, -0.2) is 61.6 Å². The van der Waals surface area contributed by atoms with E-state index in [0.29, 0.717) is 26.3 Å². The first-order valence-electron chi connectivity index (χ1n) is 8.90. The Morgan fingerprint density at radius 1 is 1.19 bits per heavy atom. The maximum atomic E-state index is 12.4. The molecule has 7 nitrogen and oxygen atoms in total. The van der Waals surface area contributed by atoms with E-state index < -0.39 is 18.0 Å². The second-order valence-electron chi connectivity index (χ2n) is 6.76. The van der Waals surface area contributed by atoms with Gasteiger partial charge in [0, 0.05) is 31.7 Å². The minimum atomic E-state index is -0.857. The van der Waals surface area contributed by atoms with Gasteiger partial charge in [-0.1, -0.05) is 17.7 Å². The number of hydrogen-bond donors (Lipinski definition) is 0. The molecule has 0 N–H and O–H groups in total. The lowest BCUT2D eigenvalue weighted by Gasteiger charge is -2.29. The molecule has 0 saturated carbocycles. The number of hydrogen-bond acceptors (Lipinski definition) is 5. The highest BCUT2D eigenvalue weighted by Crippen LogP contribution is 2.26. The summed E-state index contributed by atoms with van der Waals surface area (Å²) in [5, 5.41) is 0. The third kappa shape index (κ3) is 4.04. The summed E-state index contributed by atoms with van der Waals surface area (Å²) in [5.74, 6) is -1.38. The maximum Gasteiger partial charge on any atom is 0.312 e. The van der Waals surface area contributed by atoms with Crippen molar-refractivity contribution in [2.75, 3.05) is 37.7 Å². The fourth-order valence-electron chi connectivity index (χ4n) is 3.20. The van der Waals surface area contributed by atoms with Crippen molar-refractivity contribution in [1.29, 1.82) is 0 Å². The molecule has 2 saturated heterocycles. The van der Waals surface area contributed by atoms with E-state index >= 15 is 0 Å². The molecule has 0 radical (unpaired) electrons. The molecule has 2 aliphatic heterocycles. The topological polar surface area (TPSA) is 76.2 Å². The zero-order valence-electron chi connectivity index (χ0n) is 15.1. The molecule has 7 heteroatoms. The van der Waals surface area contributed by atoms with Crippen molar-refractivity contribution in [3.8, 4) is 0 Å².